The third-order valence-corrected chi connectivity index (χ3v) is 2.67. The third kappa shape index (κ3) is 5.26. The predicted molar refractivity (Wildman–Crippen MR) is 78.3 cm³/mol. The topological polar surface area (TPSA) is 111 Å². The fraction of sp³-hybridized carbons (Fsp3) is 0.267. The Morgan fingerprint density at radius 2 is 2.09 bits per heavy atom. The quantitative estimate of drug-likeness (QED) is 0.534. The van der Waals surface area contributed by atoms with Crippen molar-refractivity contribution < 1.29 is 19.4 Å². The highest BCUT2D eigenvalue weighted by atomic mass is 16.5. The molecule has 0 unspecified atom stereocenters. The Bertz CT molecular complexity index is 578. The molecular weight excluding hydrogens is 286 g/mol. The molecule has 0 bridgehead atoms. The van der Waals surface area contributed by atoms with E-state index in [0.29, 0.717) is 0 Å². The van der Waals surface area contributed by atoms with E-state index in [1.165, 1.54) is 0 Å². The van der Waals surface area contributed by atoms with Gasteiger partial charge in [-0.15, -0.1) is 0 Å². The van der Waals surface area contributed by atoms with Gasteiger partial charge in [-0.3, -0.25) is 10.1 Å². The van der Waals surface area contributed by atoms with E-state index in [-0.39, 0.29) is 18.8 Å². The van der Waals surface area contributed by atoms with Crippen molar-refractivity contribution in [3.63, 3.8) is 0 Å². The summed E-state index contributed by atoms with van der Waals surface area (Å²) in [5.41, 5.74) is 0.492. The Hall–Kier alpha value is -2.85. The van der Waals surface area contributed by atoms with E-state index in [1.54, 1.807) is 25.1 Å². The van der Waals surface area contributed by atoms with Crippen LogP contribution in [0.4, 0.5) is 4.79 Å². The van der Waals surface area contributed by atoms with Crippen LogP contribution in [0.2, 0.25) is 0 Å². The smallest absolute Gasteiger partial charge is 0.414 e. The molecular formula is C15H17N3O4. The van der Waals surface area contributed by atoms with Crippen molar-refractivity contribution in [3.8, 4) is 6.07 Å². The largest absolute Gasteiger partial charge is 0.450 e. The van der Waals surface area contributed by atoms with Crippen LogP contribution in [-0.4, -0.2) is 30.3 Å². The molecule has 1 aromatic carbocycles. The van der Waals surface area contributed by atoms with Gasteiger partial charge in [0.15, 0.2) is 0 Å². The van der Waals surface area contributed by atoms with E-state index >= 15 is 0 Å². The van der Waals surface area contributed by atoms with Crippen molar-refractivity contribution in [2.45, 2.75) is 13.0 Å². The summed E-state index contributed by atoms with van der Waals surface area (Å²) >= 11 is 0. The lowest BCUT2D eigenvalue weighted by Gasteiger charge is -2.15. The molecule has 0 radical (unpaired) electrons. The predicted octanol–water partition coefficient (Wildman–Crippen LogP) is 0.990. The van der Waals surface area contributed by atoms with E-state index in [2.05, 4.69) is 10.1 Å². The van der Waals surface area contributed by atoms with Crippen molar-refractivity contribution in [2.24, 2.45) is 0 Å². The molecule has 1 aromatic rings. The van der Waals surface area contributed by atoms with Crippen LogP contribution in [-0.2, 0) is 9.53 Å². The van der Waals surface area contributed by atoms with Gasteiger partial charge in [-0.05, 0) is 12.5 Å². The minimum absolute atomic E-state index is 0.115. The molecule has 7 heteroatoms. The monoisotopic (exact) mass is 303 g/mol. The van der Waals surface area contributed by atoms with Gasteiger partial charge in [0.1, 0.15) is 11.6 Å². The van der Waals surface area contributed by atoms with Crippen molar-refractivity contribution in [2.75, 3.05) is 13.2 Å². The summed E-state index contributed by atoms with van der Waals surface area (Å²) in [6.45, 7) is 1.49. The minimum Gasteiger partial charge on any atom is -0.450 e. The molecule has 2 amide bonds. The molecule has 0 spiro atoms. The molecule has 3 N–H and O–H groups in total. The third-order valence-electron chi connectivity index (χ3n) is 2.67. The fourth-order valence-corrected chi connectivity index (χ4v) is 1.60. The number of imide groups is 1. The second-order valence-corrected chi connectivity index (χ2v) is 4.16. The molecule has 116 valence electrons. The van der Waals surface area contributed by atoms with Crippen LogP contribution in [0.25, 0.3) is 0 Å². The normalized spacial score (nSPS) is 12.0. The number of nitrogens with one attached hydrogen (secondary N) is 2. The SMILES string of the molecule is CCOC(=O)NC(=O)/C(C#N)=C/N[C@@H](CO)c1ccccc1. The number of aliphatic hydroxyl groups is 1. The molecule has 0 aliphatic heterocycles. The lowest BCUT2D eigenvalue weighted by atomic mass is 10.1. The van der Waals surface area contributed by atoms with Gasteiger partial charge in [0.2, 0.25) is 0 Å². The first-order valence-corrected chi connectivity index (χ1v) is 6.62. The lowest BCUT2D eigenvalue weighted by Crippen LogP contribution is -2.32. The van der Waals surface area contributed by atoms with Crippen LogP contribution in [0.1, 0.15) is 18.5 Å². The molecule has 0 aliphatic rings. The Morgan fingerprint density at radius 3 is 2.64 bits per heavy atom. The summed E-state index contributed by atoms with van der Waals surface area (Å²) in [6.07, 6.45) is 0.234. The summed E-state index contributed by atoms with van der Waals surface area (Å²) in [4.78, 5) is 22.8. The number of rotatable bonds is 6. The van der Waals surface area contributed by atoms with Gasteiger partial charge < -0.3 is 15.2 Å². The molecule has 22 heavy (non-hydrogen) atoms. The van der Waals surface area contributed by atoms with Crippen molar-refractivity contribution in [1.82, 2.24) is 10.6 Å². The zero-order chi connectivity index (χ0) is 16.4. The van der Waals surface area contributed by atoms with Gasteiger partial charge in [0.05, 0.1) is 19.3 Å². The van der Waals surface area contributed by atoms with Crippen LogP contribution in [0.3, 0.4) is 0 Å². The van der Waals surface area contributed by atoms with Crippen molar-refractivity contribution >= 4 is 12.0 Å². The number of ether oxygens (including phenoxy) is 1. The fourth-order valence-electron chi connectivity index (χ4n) is 1.60. The number of amides is 2. The highest BCUT2D eigenvalue weighted by Crippen LogP contribution is 2.11. The number of nitriles is 1. The maximum absolute atomic E-state index is 11.7. The van der Waals surface area contributed by atoms with E-state index in [0.717, 1.165) is 11.8 Å². The average Bonchev–Trinajstić information content (AvgIpc) is 2.52. The highest BCUT2D eigenvalue weighted by Gasteiger charge is 2.15. The zero-order valence-electron chi connectivity index (χ0n) is 12.1. The molecule has 0 heterocycles. The van der Waals surface area contributed by atoms with E-state index in [1.807, 2.05) is 23.5 Å². The zero-order valence-corrected chi connectivity index (χ0v) is 12.1. The van der Waals surface area contributed by atoms with Gasteiger partial charge in [0.25, 0.3) is 5.91 Å². The van der Waals surface area contributed by atoms with Gasteiger partial charge in [-0.1, -0.05) is 30.3 Å². The lowest BCUT2D eigenvalue weighted by molar-refractivity contribution is -0.116. The molecule has 1 atom stereocenters. The Kier molecular flexibility index (Phi) is 7.16. The molecule has 0 aromatic heterocycles. The number of nitrogens with zero attached hydrogens (tertiary/aromatic N) is 1. The van der Waals surface area contributed by atoms with Crippen LogP contribution in [0, 0.1) is 11.3 Å². The van der Waals surface area contributed by atoms with Gasteiger partial charge in [0, 0.05) is 6.20 Å². The van der Waals surface area contributed by atoms with Crippen LogP contribution < -0.4 is 10.6 Å². The summed E-state index contributed by atoms with van der Waals surface area (Å²) in [7, 11) is 0. The molecule has 0 aliphatic carbocycles. The number of aliphatic hydroxyl groups excluding tert-OH is 1. The van der Waals surface area contributed by atoms with E-state index < -0.39 is 18.0 Å². The number of benzene rings is 1. The second kappa shape index (κ2) is 9.15. The summed E-state index contributed by atoms with van der Waals surface area (Å²) < 4.78 is 4.56. The number of alkyl carbamates (subject to hydrolysis) is 1. The summed E-state index contributed by atoms with van der Waals surface area (Å²) in [5.74, 6) is -0.877. The molecule has 0 saturated carbocycles. The maximum Gasteiger partial charge on any atom is 0.414 e. The first-order chi connectivity index (χ1) is 10.6. The van der Waals surface area contributed by atoms with Gasteiger partial charge >= 0.3 is 6.09 Å². The summed E-state index contributed by atoms with van der Waals surface area (Å²) in [5, 5.41) is 23.0. The van der Waals surface area contributed by atoms with Crippen LogP contribution in [0.15, 0.2) is 42.1 Å². The van der Waals surface area contributed by atoms with E-state index in [9.17, 15) is 14.7 Å². The molecule has 0 saturated heterocycles. The number of carbonyl (C=O) groups is 2. The number of hydrogen-bond acceptors (Lipinski definition) is 6. The Balaban J connectivity index is 2.74. The van der Waals surface area contributed by atoms with Gasteiger partial charge in [-0.25, -0.2) is 4.79 Å². The molecule has 0 fully saturated rings. The highest BCUT2D eigenvalue weighted by molar-refractivity contribution is 6.04. The van der Waals surface area contributed by atoms with Crippen molar-refractivity contribution in [1.29, 1.82) is 5.26 Å². The molecule has 7 nitrogen and oxygen atoms in total. The van der Waals surface area contributed by atoms with Crippen LogP contribution >= 0.6 is 0 Å². The van der Waals surface area contributed by atoms with E-state index in [4.69, 9.17) is 5.26 Å². The number of carbonyl (C=O) groups excluding carboxylic acids is 2. The second-order valence-electron chi connectivity index (χ2n) is 4.16. The molecule has 1 rings (SSSR count). The average molecular weight is 303 g/mol. The number of hydrogen-bond donors (Lipinski definition) is 3. The standard InChI is InChI=1S/C15H17N3O4/c1-2-22-15(21)18-14(20)12(8-16)9-17-13(10-19)11-6-4-3-5-7-11/h3-7,9,13,17,19H,2,10H2,1H3,(H,18,20,21)/b12-9+/t13-/m0/s1. The maximum atomic E-state index is 11.7. The van der Waals surface area contributed by atoms with Crippen molar-refractivity contribution in [3.05, 3.63) is 47.7 Å². The Labute approximate surface area is 128 Å². The van der Waals surface area contributed by atoms with Gasteiger partial charge in [-0.2, -0.15) is 5.26 Å². The first kappa shape index (κ1) is 17.2. The van der Waals surface area contributed by atoms with Crippen LogP contribution in [0.5, 0.6) is 0 Å². The summed E-state index contributed by atoms with van der Waals surface area (Å²) in [6, 6.07) is 10.3. The minimum atomic E-state index is -0.921. The first-order valence-electron chi connectivity index (χ1n) is 6.62. The Morgan fingerprint density at radius 1 is 1.41 bits per heavy atom.